The van der Waals surface area contributed by atoms with E-state index in [0.717, 1.165) is 28.7 Å². The minimum absolute atomic E-state index is 0.0516. The van der Waals surface area contributed by atoms with Gasteiger partial charge in [0, 0.05) is 11.3 Å². The molecule has 1 aromatic heterocycles. The molecule has 2 aliphatic carbocycles. The van der Waals surface area contributed by atoms with Gasteiger partial charge in [0.2, 0.25) is 5.91 Å². The Kier molecular flexibility index (Phi) is 6.25. The lowest BCUT2D eigenvalue weighted by Crippen LogP contribution is -2.62. The first-order valence-corrected chi connectivity index (χ1v) is 12.4. The molecule has 9 heteroatoms. The summed E-state index contributed by atoms with van der Waals surface area (Å²) in [6.07, 6.45) is 1.13. The smallest absolute Gasteiger partial charge is 0.408 e. The SMILES string of the molecule is O=C(O)Cc1csc(CNC(=O)C2(NC(=O)OCC3c4ccccc4-c4ccccc43)CCC2)n1. The van der Waals surface area contributed by atoms with Crippen LogP contribution in [0.25, 0.3) is 11.1 Å². The molecular formula is C26H25N3O5S. The molecule has 1 fully saturated rings. The fourth-order valence-electron chi connectivity index (χ4n) is 4.76. The fraction of sp³-hybridized carbons (Fsp3) is 0.308. The summed E-state index contributed by atoms with van der Waals surface area (Å²) in [5.74, 6) is -1.29. The Morgan fingerprint density at radius 2 is 1.71 bits per heavy atom. The highest BCUT2D eigenvalue weighted by Gasteiger charge is 2.46. The number of carbonyl (C=O) groups excluding carboxylic acids is 2. The van der Waals surface area contributed by atoms with Crippen molar-refractivity contribution < 1.29 is 24.2 Å². The van der Waals surface area contributed by atoms with Crippen LogP contribution in [0.1, 0.15) is 47.0 Å². The van der Waals surface area contributed by atoms with Crippen LogP contribution < -0.4 is 10.6 Å². The van der Waals surface area contributed by atoms with Crippen molar-refractivity contribution in [2.75, 3.05) is 6.61 Å². The maximum absolute atomic E-state index is 12.9. The first kappa shape index (κ1) is 23.0. The number of carboxylic acids is 1. The van der Waals surface area contributed by atoms with Crippen LogP contribution >= 0.6 is 11.3 Å². The predicted molar refractivity (Wildman–Crippen MR) is 130 cm³/mol. The summed E-state index contributed by atoms with van der Waals surface area (Å²) >= 11 is 1.29. The lowest BCUT2D eigenvalue weighted by Gasteiger charge is -2.40. The molecule has 0 aliphatic heterocycles. The number of amides is 2. The molecule has 2 amide bonds. The minimum Gasteiger partial charge on any atom is -0.481 e. The molecule has 0 atom stereocenters. The number of fused-ring (bicyclic) bond motifs is 3. The Morgan fingerprint density at radius 3 is 2.31 bits per heavy atom. The Morgan fingerprint density at radius 1 is 1.06 bits per heavy atom. The van der Waals surface area contributed by atoms with Crippen LogP contribution in [0.3, 0.4) is 0 Å². The van der Waals surface area contributed by atoms with E-state index in [1.807, 2.05) is 24.3 Å². The third-order valence-corrected chi connectivity index (χ3v) is 7.56. The third kappa shape index (κ3) is 4.64. The number of aliphatic carboxylic acids is 1. The first-order valence-electron chi connectivity index (χ1n) is 11.5. The quantitative estimate of drug-likeness (QED) is 0.441. The van der Waals surface area contributed by atoms with E-state index in [9.17, 15) is 14.4 Å². The fourth-order valence-corrected chi connectivity index (χ4v) is 5.49. The van der Waals surface area contributed by atoms with Gasteiger partial charge in [-0.2, -0.15) is 0 Å². The number of carbonyl (C=O) groups is 3. The number of hydrogen-bond acceptors (Lipinski definition) is 6. The van der Waals surface area contributed by atoms with Gasteiger partial charge in [-0.25, -0.2) is 9.78 Å². The second-order valence-corrected chi connectivity index (χ2v) is 9.81. The number of thiazole rings is 1. The number of aromatic nitrogens is 1. The van der Waals surface area contributed by atoms with E-state index in [4.69, 9.17) is 9.84 Å². The van der Waals surface area contributed by atoms with E-state index in [-0.39, 0.29) is 31.4 Å². The average Bonchev–Trinajstić information content (AvgIpc) is 3.40. The molecule has 1 heterocycles. The Bertz CT molecular complexity index is 1240. The standard InChI is InChI=1S/C26H25N3O5S/c30-23(31)12-16-15-35-22(28-16)13-27-24(32)26(10-5-11-26)29-25(33)34-14-21-19-8-3-1-6-17(19)18-7-2-4-9-20(18)21/h1-4,6-9,15,21H,5,10-14H2,(H,27,32)(H,29,33)(H,30,31). The number of hydrogen-bond donors (Lipinski definition) is 3. The van der Waals surface area contributed by atoms with Gasteiger partial charge in [-0.3, -0.25) is 9.59 Å². The zero-order valence-corrected chi connectivity index (χ0v) is 19.8. The summed E-state index contributed by atoms with van der Waals surface area (Å²) < 4.78 is 5.63. The van der Waals surface area contributed by atoms with Gasteiger partial charge in [-0.1, -0.05) is 48.5 Å². The number of ether oxygens (including phenoxy) is 1. The van der Waals surface area contributed by atoms with Crippen molar-refractivity contribution in [2.45, 2.75) is 43.7 Å². The number of nitrogens with one attached hydrogen (secondary N) is 2. The van der Waals surface area contributed by atoms with Gasteiger partial charge >= 0.3 is 12.1 Å². The summed E-state index contributed by atoms with van der Waals surface area (Å²) in [4.78, 5) is 40.7. The maximum Gasteiger partial charge on any atom is 0.408 e. The first-order chi connectivity index (χ1) is 16.9. The molecule has 5 rings (SSSR count). The third-order valence-electron chi connectivity index (χ3n) is 6.66. The van der Waals surface area contributed by atoms with Gasteiger partial charge in [-0.15, -0.1) is 11.3 Å². The number of benzene rings is 2. The van der Waals surface area contributed by atoms with Gasteiger partial charge in [-0.05, 0) is 41.5 Å². The Hall–Kier alpha value is -3.72. The van der Waals surface area contributed by atoms with E-state index in [1.54, 1.807) is 5.38 Å². The normalized spacial score (nSPS) is 15.4. The molecule has 2 aromatic carbocycles. The van der Waals surface area contributed by atoms with Crippen LogP contribution in [0.15, 0.2) is 53.9 Å². The molecule has 3 aromatic rings. The Balaban J connectivity index is 1.19. The van der Waals surface area contributed by atoms with E-state index >= 15 is 0 Å². The molecule has 8 nitrogen and oxygen atoms in total. The van der Waals surface area contributed by atoms with E-state index in [1.165, 1.54) is 11.3 Å². The molecule has 35 heavy (non-hydrogen) atoms. The number of nitrogens with zero attached hydrogens (tertiary/aromatic N) is 1. The molecule has 3 N–H and O–H groups in total. The molecule has 0 unspecified atom stereocenters. The topological polar surface area (TPSA) is 118 Å². The van der Waals surface area contributed by atoms with Gasteiger partial charge < -0.3 is 20.5 Å². The van der Waals surface area contributed by atoms with Crippen molar-refractivity contribution in [1.29, 1.82) is 0 Å². The van der Waals surface area contributed by atoms with Crippen LogP contribution in [0.2, 0.25) is 0 Å². The molecule has 0 saturated heterocycles. The predicted octanol–water partition coefficient (Wildman–Crippen LogP) is 3.85. The zero-order chi connectivity index (χ0) is 24.4. The molecule has 1 saturated carbocycles. The van der Waals surface area contributed by atoms with E-state index < -0.39 is 17.6 Å². The molecular weight excluding hydrogens is 466 g/mol. The summed E-state index contributed by atoms with van der Waals surface area (Å²) in [7, 11) is 0. The van der Waals surface area contributed by atoms with Gasteiger partial charge in [0.05, 0.1) is 18.7 Å². The van der Waals surface area contributed by atoms with Crippen LogP contribution in [-0.2, 0) is 27.3 Å². The van der Waals surface area contributed by atoms with Crippen molar-refractivity contribution in [3.8, 4) is 11.1 Å². The second kappa shape index (κ2) is 9.50. The van der Waals surface area contributed by atoms with Crippen molar-refractivity contribution >= 4 is 29.3 Å². The lowest BCUT2D eigenvalue weighted by atomic mass is 9.76. The number of alkyl carbamates (subject to hydrolysis) is 1. The van der Waals surface area contributed by atoms with E-state index in [0.29, 0.717) is 23.5 Å². The maximum atomic E-state index is 12.9. The van der Waals surface area contributed by atoms with Crippen molar-refractivity contribution in [1.82, 2.24) is 15.6 Å². The second-order valence-electron chi connectivity index (χ2n) is 8.87. The largest absolute Gasteiger partial charge is 0.481 e. The van der Waals surface area contributed by atoms with Gasteiger partial charge in [0.25, 0.3) is 0 Å². The van der Waals surface area contributed by atoms with E-state index in [2.05, 4.69) is 39.9 Å². The van der Waals surface area contributed by atoms with Gasteiger partial charge in [0.1, 0.15) is 17.2 Å². The highest BCUT2D eigenvalue weighted by Crippen LogP contribution is 2.44. The number of rotatable bonds is 8. The molecule has 0 spiro atoms. The molecule has 0 bridgehead atoms. The lowest BCUT2D eigenvalue weighted by molar-refractivity contribution is -0.136. The highest BCUT2D eigenvalue weighted by molar-refractivity contribution is 7.09. The van der Waals surface area contributed by atoms with Crippen LogP contribution in [0.4, 0.5) is 4.79 Å². The van der Waals surface area contributed by atoms with Crippen LogP contribution in [-0.4, -0.2) is 40.2 Å². The molecule has 180 valence electrons. The Labute approximate surface area is 206 Å². The average molecular weight is 492 g/mol. The summed E-state index contributed by atoms with van der Waals surface area (Å²) in [5, 5.41) is 16.8. The monoisotopic (exact) mass is 491 g/mol. The summed E-state index contributed by atoms with van der Waals surface area (Å²) in [6.45, 7) is 0.361. The van der Waals surface area contributed by atoms with Gasteiger partial charge in [0.15, 0.2) is 0 Å². The van der Waals surface area contributed by atoms with Crippen molar-refractivity contribution in [3.63, 3.8) is 0 Å². The molecule has 2 aliphatic rings. The summed E-state index contributed by atoms with van der Waals surface area (Å²) in [6, 6.07) is 16.2. The van der Waals surface area contributed by atoms with Crippen LogP contribution in [0, 0.1) is 0 Å². The zero-order valence-electron chi connectivity index (χ0n) is 19.0. The van der Waals surface area contributed by atoms with Crippen molar-refractivity contribution in [2.24, 2.45) is 0 Å². The summed E-state index contributed by atoms with van der Waals surface area (Å²) in [5.41, 5.74) is 4.03. The van der Waals surface area contributed by atoms with Crippen molar-refractivity contribution in [3.05, 3.63) is 75.7 Å². The minimum atomic E-state index is -0.996. The van der Waals surface area contributed by atoms with Crippen LogP contribution in [0.5, 0.6) is 0 Å². The highest BCUT2D eigenvalue weighted by atomic mass is 32.1. The number of carboxylic acid groups (broad SMARTS) is 1. The molecule has 0 radical (unpaired) electrons.